The van der Waals surface area contributed by atoms with Crippen molar-refractivity contribution in [3.63, 3.8) is 0 Å². The highest BCUT2D eigenvalue weighted by Gasteiger charge is 2.38. The average Bonchev–Trinajstić information content (AvgIpc) is 3.53. The molecule has 0 bridgehead atoms. The third-order valence-electron chi connectivity index (χ3n) is 7.72. The van der Waals surface area contributed by atoms with Crippen molar-refractivity contribution < 1.29 is 36.6 Å². The number of nitrogens with two attached hydrogens (primary N) is 1. The molecule has 12 nitrogen and oxygen atoms in total. The number of nitrogen functional groups attached to an aromatic ring is 1. The van der Waals surface area contributed by atoms with E-state index in [0.717, 1.165) is 11.5 Å². The molecule has 2 atom stereocenters. The first-order chi connectivity index (χ1) is 21.6. The molecule has 2 heterocycles. The molecule has 1 saturated heterocycles. The van der Waals surface area contributed by atoms with Crippen LogP contribution in [0.2, 0.25) is 0 Å². The number of ether oxygens (including phenoxy) is 3. The first-order valence-corrected chi connectivity index (χ1v) is 15.1. The van der Waals surface area contributed by atoms with E-state index in [2.05, 4.69) is 20.4 Å². The number of methoxy groups -OCH3 is 3. The molecule has 236 valence electrons. The molecule has 1 aliphatic heterocycles. The molecule has 0 radical (unpaired) electrons. The number of nitrogens with zero attached hydrogens (tertiary/aromatic N) is 2. The second kappa shape index (κ2) is 13.3. The summed E-state index contributed by atoms with van der Waals surface area (Å²) in [5, 5.41) is 7.18. The molecule has 0 unspecified atom stereocenters. The number of fused-ring (bicyclic) bond motifs is 1. The molecule has 2 amide bonds. The van der Waals surface area contributed by atoms with Gasteiger partial charge in [0.05, 0.1) is 32.3 Å². The maximum Gasteiger partial charge on any atom is 0.411 e. The van der Waals surface area contributed by atoms with Gasteiger partial charge in [0, 0.05) is 41.1 Å². The zero-order valence-corrected chi connectivity index (χ0v) is 25.6. The Morgan fingerprint density at radius 3 is 2.47 bits per heavy atom. The molecule has 0 saturated carbocycles. The van der Waals surface area contributed by atoms with Crippen LogP contribution in [0, 0.1) is 5.82 Å². The second-order valence-corrected chi connectivity index (χ2v) is 11.3. The lowest BCUT2D eigenvalue weighted by atomic mass is 10.00. The molecular weight excluding hydrogens is 605 g/mol. The van der Waals surface area contributed by atoms with E-state index >= 15 is 4.39 Å². The number of carbonyl (C=O) groups is 2. The first-order valence-electron chi connectivity index (χ1n) is 13.9. The number of aromatic nitrogens is 1. The highest BCUT2D eigenvalue weighted by atomic mass is 32.2. The summed E-state index contributed by atoms with van der Waals surface area (Å²) in [6, 6.07) is 11.9. The molecule has 3 aromatic carbocycles. The molecule has 4 N–H and O–H groups in total. The van der Waals surface area contributed by atoms with Gasteiger partial charge in [-0.1, -0.05) is 0 Å². The van der Waals surface area contributed by atoms with Crippen molar-refractivity contribution >= 4 is 50.7 Å². The van der Waals surface area contributed by atoms with Gasteiger partial charge in [-0.2, -0.15) is 0 Å². The van der Waals surface area contributed by atoms with Crippen molar-refractivity contribution in [2.75, 3.05) is 44.2 Å². The van der Waals surface area contributed by atoms with E-state index in [4.69, 9.17) is 15.2 Å². The average molecular weight is 638 g/mol. The standard InChI is InChI=1S/C31H32FN5O7S/c1-42-25-15-21(23(32)16-26(25)43-2)28(35-18-6-8-20-17(13-18)10-11-34-29(20)33)30(38)37-12-4-5-24(37)22-14-19(36-31(39)44-3)7-9-27(22)45(40)41/h6-11,13-16,24,28,35,45H,4-5,12H2,1-3H3,(H2,33,34)(H,36,39)/t24-,28-/m1/s1. The van der Waals surface area contributed by atoms with Crippen LogP contribution in [-0.2, 0) is 20.2 Å². The summed E-state index contributed by atoms with van der Waals surface area (Å²) < 4.78 is 55.6. The molecule has 1 aliphatic rings. The molecule has 45 heavy (non-hydrogen) atoms. The number of benzene rings is 3. The fourth-order valence-electron chi connectivity index (χ4n) is 5.58. The van der Waals surface area contributed by atoms with E-state index in [1.807, 2.05) is 0 Å². The number of rotatable bonds is 9. The zero-order valence-electron chi connectivity index (χ0n) is 24.7. The Morgan fingerprint density at radius 2 is 1.76 bits per heavy atom. The van der Waals surface area contributed by atoms with E-state index in [1.54, 1.807) is 30.5 Å². The summed E-state index contributed by atoms with van der Waals surface area (Å²) in [5.74, 6) is -0.506. The Kier molecular flexibility index (Phi) is 9.23. The van der Waals surface area contributed by atoms with E-state index < -0.39 is 40.6 Å². The number of nitrogens with one attached hydrogen (secondary N) is 2. The van der Waals surface area contributed by atoms with Gasteiger partial charge in [0.25, 0.3) is 0 Å². The highest BCUT2D eigenvalue weighted by Crippen LogP contribution is 2.40. The monoisotopic (exact) mass is 637 g/mol. The van der Waals surface area contributed by atoms with Gasteiger partial charge in [-0.15, -0.1) is 0 Å². The maximum atomic E-state index is 15.8. The Hall–Kier alpha value is -5.11. The van der Waals surface area contributed by atoms with Crippen LogP contribution in [-0.4, -0.2) is 58.2 Å². The van der Waals surface area contributed by atoms with E-state index in [9.17, 15) is 18.0 Å². The lowest BCUT2D eigenvalue weighted by molar-refractivity contribution is -0.133. The van der Waals surface area contributed by atoms with Crippen molar-refractivity contribution in [2.24, 2.45) is 0 Å². The fraction of sp³-hybridized carbons (Fsp3) is 0.258. The van der Waals surface area contributed by atoms with Gasteiger partial charge >= 0.3 is 6.09 Å². The highest BCUT2D eigenvalue weighted by molar-refractivity contribution is 7.72. The molecule has 14 heteroatoms. The number of hydrogen-bond acceptors (Lipinski definition) is 10. The summed E-state index contributed by atoms with van der Waals surface area (Å²) in [5.41, 5.74) is 7.13. The lowest BCUT2D eigenvalue weighted by Gasteiger charge is -2.31. The SMILES string of the molecule is COC(=O)Nc1ccc([SH](=O)=O)c([C@H]2CCCN2C(=O)[C@H](Nc2ccc3c(N)nccc3c2)c2cc(OC)c(OC)cc2F)c1. The molecule has 1 aromatic heterocycles. The molecule has 0 aliphatic carbocycles. The molecule has 4 aromatic rings. The number of halogens is 1. The van der Waals surface area contributed by atoms with Gasteiger partial charge < -0.3 is 30.2 Å². The summed E-state index contributed by atoms with van der Waals surface area (Å²) >= 11 is 0. The normalized spacial score (nSPS) is 15.1. The summed E-state index contributed by atoms with van der Waals surface area (Å²) in [7, 11) is 0.945. The first kappa shape index (κ1) is 31.3. The summed E-state index contributed by atoms with van der Waals surface area (Å²) in [6.45, 7) is 0.278. The Morgan fingerprint density at radius 1 is 1.02 bits per heavy atom. The quantitative estimate of drug-likeness (QED) is 0.190. The van der Waals surface area contributed by atoms with Gasteiger partial charge in [0.1, 0.15) is 17.7 Å². The number of carbonyl (C=O) groups excluding carboxylic acids is 2. The maximum absolute atomic E-state index is 15.8. The summed E-state index contributed by atoms with van der Waals surface area (Å²) in [6.07, 6.45) is 1.83. The van der Waals surface area contributed by atoms with Crippen LogP contribution in [0.4, 0.5) is 26.4 Å². The van der Waals surface area contributed by atoms with E-state index in [1.165, 1.54) is 50.5 Å². The minimum absolute atomic E-state index is 0.00567. The van der Waals surface area contributed by atoms with Crippen molar-refractivity contribution in [1.82, 2.24) is 9.88 Å². The zero-order chi connectivity index (χ0) is 32.2. The second-order valence-electron chi connectivity index (χ2n) is 10.3. The summed E-state index contributed by atoms with van der Waals surface area (Å²) in [4.78, 5) is 32.0. The molecular formula is C31H32FN5O7S. The van der Waals surface area contributed by atoms with E-state index in [0.29, 0.717) is 41.0 Å². The van der Waals surface area contributed by atoms with Crippen LogP contribution < -0.4 is 25.8 Å². The lowest BCUT2D eigenvalue weighted by Crippen LogP contribution is -2.38. The van der Waals surface area contributed by atoms with Crippen LogP contribution in [0.15, 0.2) is 65.7 Å². The number of pyridine rings is 1. The van der Waals surface area contributed by atoms with Gasteiger partial charge in [0.15, 0.2) is 22.2 Å². The number of amides is 2. The third-order valence-corrected chi connectivity index (χ3v) is 8.52. The van der Waals surface area contributed by atoms with E-state index in [-0.39, 0.29) is 28.5 Å². The van der Waals surface area contributed by atoms with Gasteiger partial charge in [0.2, 0.25) is 5.91 Å². The van der Waals surface area contributed by atoms with Crippen molar-refractivity contribution in [3.8, 4) is 11.5 Å². The smallest absolute Gasteiger partial charge is 0.411 e. The number of likely N-dealkylation sites (tertiary alicyclic amines) is 1. The van der Waals surface area contributed by atoms with Gasteiger partial charge in [-0.3, -0.25) is 10.1 Å². The minimum atomic E-state index is -3.05. The van der Waals surface area contributed by atoms with Crippen molar-refractivity contribution in [1.29, 1.82) is 0 Å². The van der Waals surface area contributed by atoms with Crippen LogP contribution in [0.5, 0.6) is 11.5 Å². The fourth-order valence-corrected chi connectivity index (χ4v) is 6.20. The minimum Gasteiger partial charge on any atom is -0.493 e. The Bertz CT molecular complexity index is 1840. The molecule has 0 spiro atoms. The van der Waals surface area contributed by atoms with Crippen LogP contribution >= 0.6 is 0 Å². The van der Waals surface area contributed by atoms with Crippen LogP contribution in [0.3, 0.4) is 0 Å². The predicted molar refractivity (Wildman–Crippen MR) is 167 cm³/mol. The van der Waals surface area contributed by atoms with Crippen LogP contribution in [0.25, 0.3) is 10.8 Å². The topological polar surface area (TPSA) is 162 Å². The van der Waals surface area contributed by atoms with Crippen molar-refractivity contribution in [3.05, 3.63) is 77.7 Å². The number of thiol groups is 1. The Labute approximate surface area is 260 Å². The van der Waals surface area contributed by atoms with Crippen molar-refractivity contribution in [2.45, 2.75) is 29.8 Å². The molecule has 1 fully saturated rings. The van der Waals surface area contributed by atoms with Gasteiger partial charge in [-0.25, -0.2) is 22.6 Å². The predicted octanol–water partition coefficient (Wildman–Crippen LogP) is 4.64. The Balaban J connectivity index is 1.59. The number of anilines is 3. The number of hydrogen-bond donors (Lipinski definition) is 4. The largest absolute Gasteiger partial charge is 0.493 e. The molecule has 5 rings (SSSR count). The van der Waals surface area contributed by atoms with Crippen LogP contribution in [0.1, 0.15) is 36.1 Å². The van der Waals surface area contributed by atoms with Gasteiger partial charge in [-0.05, 0) is 72.3 Å². The third kappa shape index (κ3) is 6.41.